The second kappa shape index (κ2) is 8.42. The van der Waals surface area contributed by atoms with Gasteiger partial charge in [0.1, 0.15) is 0 Å². The van der Waals surface area contributed by atoms with Gasteiger partial charge in [0, 0.05) is 5.57 Å². The molecule has 0 heterocycles. The molecule has 0 rings (SSSR count). The highest BCUT2D eigenvalue weighted by Crippen LogP contribution is 1.78. The van der Waals surface area contributed by atoms with Crippen molar-refractivity contribution in [3.05, 3.63) is 24.9 Å². The molecule has 0 aliphatic rings. The van der Waals surface area contributed by atoms with Crippen molar-refractivity contribution in [2.45, 2.75) is 6.92 Å². The van der Waals surface area contributed by atoms with Crippen LogP contribution < -0.4 is 11.1 Å². The van der Waals surface area contributed by atoms with Crippen molar-refractivity contribution in [2.75, 3.05) is 0 Å². The Labute approximate surface area is 65.8 Å². The minimum Gasteiger partial charge on any atom is -0.366 e. The molecule has 0 unspecified atom stereocenters. The molecular formula is C7H12N2O2. The van der Waals surface area contributed by atoms with Crippen LogP contribution in [0.25, 0.3) is 0 Å². The summed E-state index contributed by atoms with van der Waals surface area (Å²) < 4.78 is 0. The molecule has 0 bridgehead atoms. The average molecular weight is 156 g/mol. The molecule has 0 radical (unpaired) electrons. The average Bonchev–Trinajstić information content (AvgIpc) is 1.90. The van der Waals surface area contributed by atoms with E-state index < -0.39 is 5.91 Å². The fourth-order valence-electron chi connectivity index (χ4n) is 0.0481. The minimum absolute atomic E-state index is 0.398. The molecule has 0 saturated carbocycles. The summed E-state index contributed by atoms with van der Waals surface area (Å²) in [7, 11) is 0. The Morgan fingerprint density at radius 2 is 2.00 bits per heavy atom. The predicted molar refractivity (Wildman–Crippen MR) is 43.4 cm³/mol. The molecule has 4 nitrogen and oxygen atoms in total. The fraction of sp³-hybridized carbons (Fsp3) is 0.143. The lowest BCUT2D eigenvalue weighted by molar-refractivity contribution is -0.114. The van der Waals surface area contributed by atoms with Crippen LogP contribution in [0.1, 0.15) is 6.92 Å². The summed E-state index contributed by atoms with van der Waals surface area (Å²) in [4.78, 5) is 19.0. The van der Waals surface area contributed by atoms with Crippen molar-refractivity contribution in [1.82, 2.24) is 5.32 Å². The molecule has 0 aromatic rings. The molecule has 0 saturated heterocycles. The van der Waals surface area contributed by atoms with Gasteiger partial charge < -0.3 is 11.1 Å². The maximum absolute atomic E-state index is 9.82. The van der Waals surface area contributed by atoms with Gasteiger partial charge in [-0.3, -0.25) is 9.59 Å². The van der Waals surface area contributed by atoms with Crippen molar-refractivity contribution in [2.24, 2.45) is 5.73 Å². The van der Waals surface area contributed by atoms with Crippen LogP contribution in [-0.4, -0.2) is 12.3 Å². The number of rotatable bonds is 3. The van der Waals surface area contributed by atoms with Crippen LogP contribution in [0.4, 0.5) is 0 Å². The first-order chi connectivity index (χ1) is 5.06. The number of nitrogens with two attached hydrogens (primary N) is 1. The maximum Gasteiger partial charge on any atom is 0.243 e. The van der Waals surface area contributed by atoms with E-state index >= 15 is 0 Å². The molecule has 0 spiro atoms. The quantitative estimate of drug-likeness (QED) is 0.443. The van der Waals surface area contributed by atoms with Crippen molar-refractivity contribution < 1.29 is 9.59 Å². The van der Waals surface area contributed by atoms with Crippen LogP contribution in [0.2, 0.25) is 0 Å². The summed E-state index contributed by atoms with van der Waals surface area (Å²) in [6.45, 7) is 8.06. The minimum atomic E-state index is -0.435. The van der Waals surface area contributed by atoms with Crippen LogP contribution in [0.3, 0.4) is 0 Å². The van der Waals surface area contributed by atoms with Crippen molar-refractivity contribution in [3.8, 4) is 0 Å². The highest BCUT2D eigenvalue weighted by Gasteiger charge is 1.86. The van der Waals surface area contributed by atoms with Gasteiger partial charge in [0.25, 0.3) is 0 Å². The van der Waals surface area contributed by atoms with E-state index in [1.165, 1.54) is 6.20 Å². The number of hydrogen-bond donors (Lipinski definition) is 2. The van der Waals surface area contributed by atoms with Gasteiger partial charge in [-0.05, 0) is 13.1 Å². The lowest BCUT2D eigenvalue weighted by Crippen LogP contribution is -2.10. The summed E-state index contributed by atoms with van der Waals surface area (Å²) in [5.41, 5.74) is 5.09. The molecule has 0 aromatic heterocycles. The Hall–Kier alpha value is -1.58. The molecule has 0 aromatic carbocycles. The van der Waals surface area contributed by atoms with Gasteiger partial charge in [-0.25, -0.2) is 0 Å². The Morgan fingerprint density at radius 3 is 2.00 bits per heavy atom. The van der Waals surface area contributed by atoms with Crippen LogP contribution in [-0.2, 0) is 9.59 Å². The van der Waals surface area contributed by atoms with E-state index in [2.05, 4.69) is 18.5 Å². The van der Waals surface area contributed by atoms with Crippen molar-refractivity contribution >= 4 is 12.3 Å². The summed E-state index contributed by atoms with van der Waals surface area (Å²) >= 11 is 0. The molecule has 2 amide bonds. The largest absolute Gasteiger partial charge is 0.366 e. The Bertz CT molecular complexity index is 146. The zero-order chi connectivity index (χ0) is 9.28. The number of nitrogens with one attached hydrogen (secondary N) is 1. The topological polar surface area (TPSA) is 72.2 Å². The van der Waals surface area contributed by atoms with Crippen LogP contribution in [0, 0.1) is 0 Å². The predicted octanol–water partition coefficient (Wildman–Crippen LogP) is -0.0763. The third kappa shape index (κ3) is 17.8. The maximum atomic E-state index is 9.82. The van der Waals surface area contributed by atoms with Gasteiger partial charge >= 0.3 is 0 Å². The zero-order valence-electron chi connectivity index (χ0n) is 6.46. The zero-order valence-corrected chi connectivity index (χ0v) is 6.46. The summed E-state index contributed by atoms with van der Waals surface area (Å²) in [6, 6.07) is 0. The second-order valence-corrected chi connectivity index (χ2v) is 1.63. The fourth-order valence-corrected chi connectivity index (χ4v) is 0.0481. The molecule has 0 atom stereocenters. The van der Waals surface area contributed by atoms with Crippen LogP contribution in [0.15, 0.2) is 24.9 Å². The normalized spacial score (nSPS) is 6.64. The van der Waals surface area contributed by atoms with Gasteiger partial charge in [0.2, 0.25) is 12.3 Å². The number of primary amides is 1. The lowest BCUT2D eigenvalue weighted by Gasteiger charge is -1.81. The highest BCUT2D eigenvalue weighted by atomic mass is 16.1. The van der Waals surface area contributed by atoms with E-state index in [1.54, 1.807) is 6.92 Å². The SMILES string of the molecule is C=C(C)C(N)=O.C=CNC=O. The van der Waals surface area contributed by atoms with Crippen LogP contribution in [0.5, 0.6) is 0 Å². The van der Waals surface area contributed by atoms with Crippen molar-refractivity contribution in [1.29, 1.82) is 0 Å². The summed E-state index contributed by atoms with van der Waals surface area (Å²) in [5, 5.41) is 2.19. The standard InChI is InChI=1S/C4H7NO.C3H5NO/c1-3(2)4(5)6;1-2-4-3-5/h1H2,2H3,(H2,5,6);2-3H,1H2,(H,4,5). The molecular weight excluding hydrogens is 144 g/mol. The van der Waals surface area contributed by atoms with E-state index in [1.807, 2.05) is 0 Å². The molecule has 0 aliphatic carbocycles. The molecule has 62 valence electrons. The first-order valence-corrected chi connectivity index (χ1v) is 2.82. The smallest absolute Gasteiger partial charge is 0.243 e. The molecule has 3 N–H and O–H groups in total. The highest BCUT2D eigenvalue weighted by molar-refractivity contribution is 5.90. The lowest BCUT2D eigenvalue weighted by atomic mass is 10.3. The molecule has 0 aliphatic heterocycles. The van der Waals surface area contributed by atoms with E-state index in [9.17, 15) is 9.59 Å². The van der Waals surface area contributed by atoms with Crippen molar-refractivity contribution in [3.63, 3.8) is 0 Å². The number of carbonyl (C=O) groups is 2. The molecule has 11 heavy (non-hydrogen) atoms. The van der Waals surface area contributed by atoms with Gasteiger partial charge in [-0.1, -0.05) is 13.2 Å². The molecule has 4 heteroatoms. The number of hydrogen-bond acceptors (Lipinski definition) is 2. The van der Waals surface area contributed by atoms with Gasteiger partial charge in [0.05, 0.1) is 0 Å². The third-order valence-electron chi connectivity index (χ3n) is 0.607. The number of carbonyl (C=O) groups excluding carboxylic acids is 2. The van der Waals surface area contributed by atoms with Crippen LogP contribution >= 0.6 is 0 Å². The Morgan fingerprint density at radius 1 is 1.64 bits per heavy atom. The van der Waals surface area contributed by atoms with E-state index in [0.29, 0.717) is 12.0 Å². The summed E-state index contributed by atoms with van der Waals surface area (Å²) in [5.74, 6) is -0.435. The van der Waals surface area contributed by atoms with Gasteiger partial charge in [-0.15, -0.1) is 0 Å². The second-order valence-electron chi connectivity index (χ2n) is 1.63. The number of amides is 2. The summed E-state index contributed by atoms with van der Waals surface area (Å²) in [6.07, 6.45) is 1.88. The van der Waals surface area contributed by atoms with Gasteiger partial charge in [-0.2, -0.15) is 0 Å². The monoisotopic (exact) mass is 156 g/mol. The van der Waals surface area contributed by atoms with Gasteiger partial charge in [0.15, 0.2) is 0 Å². The van der Waals surface area contributed by atoms with E-state index in [-0.39, 0.29) is 0 Å². The Kier molecular flexibility index (Phi) is 9.29. The Balaban J connectivity index is 0. The molecule has 0 fully saturated rings. The van der Waals surface area contributed by atoms with E-state index in [0.717, 1.165) is 0 Å². The third-order valence-corrected chi connectivity index (χ3v) is 0.607. The first kappa shape index (κ1) is 12.1. The van der Waals surface area contributed by atoms with E-state index in [4.69, 9.17) is 5.73 Å². The first-order valence-electron chi connectivity index (χ1n) is 2.82.